The minimum absolute atomic E-state index is 0.0213. The molecule has 86 valence electrons. The lowest BCUT2D eigenvalue weighted by Gasteiger charge is -2.31. The Morgan fingerprint density at radius 1 is 1.50 bits per heavy atom. The number of aliphatic hydroxyl groups excluding tert-OH is 1. The minimum Gasteiger partial charge on any atom is -0.483 e. The van der Waals surface area contributed by atoms with E-state index in [1.54, 1.807) is 12.1 Å². The number of nitro groups is 1. The Kier molecular flexibility index (Phi) is 2.78. The van der Waals surface area contributed by atoms with Gasteiger partial charge in [0.2, 0.25) is 0 Å². The van der Waals surface area contributed by atoms with Crippen LogP contribution >= 0.6 is 0 Å². The fraction of sp³-hybridized carbons (Fsp3) is 0.455. The number of hydrogen-bond donors (Lipinski definition) is 1. The molecule has 1 aliphatic carbocycles. The normalized spacial score (nSPS) is 23.6. The molecule has 0 bridgehead atoms. The fourth-order valence-electron chi connectivity index (χ4n) is 1.68. The predicted octanol–water partition coefficient (Wildman–Crippen LogP) is 1.81. The summed E-state index contributed by atoms with van der Waals surface area (Å²) in [7, 11) is 0. The summed E-state index contributed by atoms with van der Waals surface area (Å²) in [5.41, 5.74) is 0.896. The Labute approximate surface area is 92.8 Å². The Morgan fingerprint density at radius 2 is 2.19 bits per heavy atom. The van der Waals surface area contributed by atoms with E-state index in [2.05, 4.69) is 0 Å². The van der Waals surface area contributed by atoms with Crippen molar-refractivity contribution in [3.05, 3.63) is 33.9 Å². The smallest absolute Gasteiger partial charge is 0.310 e. The first-order chi connectivity index (χ1) is 7.56. The molecule has 2 rings (SSSR count). The fourth-order valence-corrected chi connectivity index (χ4v) is 1.68. The summed E-state index contributed by atoms with van der Waals surface area (Å²) in [6.07, 6.45) is 0.667. The highest BCUT2D eigenvalue weighted by atomic mass is 16.6. The minimum atomic E-state index is -0.454. The topological polar surface area (TPSA) is 72.6 Å². The Bertz CT molecular complexity index is 412. The summed E-state index contributed by atoms with van der Waals surface area (Å²) in [6, 6.07) is 4.78. The second kappa shape index (κ2) is 4.09. The molecule has 0 aliphatic heterocycles. The van der Waals surface area contributed by atoms with E-state index in [9.17, 15) is 10.1 Å². The lowest BCUT2D eigenvalue weighted by Crippen LogP contribution is -2.37. The van der Waals surface area contributed by atoms with Crippen LogP contribution in [0.4, 0.5) is 5.69 Å². The van der Waals surface area contributed by atoms with E-state index in [0.29, 0.717) is 18.6 Å². The number of rotatable bonds is 3. The average molecular weight is 223 g/mol. The van der Waals surface area contributed by atoms with Gasteiger partial charge < -0.3 is 9.84 Å². The van der Waals surface area contributed by atoms with Crippen LogP contribution in [-0.4, -0.2) is 22.2 Å². The van der Waals surface area contributed by atoms with Gasteiger partial charge in [-0.1, -0.05) is 6.07 Å². The van der Waals surface area contributed by atoms with Crippen molar-refractivity contribution in [2.45, 2.75) is 32.0 Å². The van der Waals surface area contributed by atoms with Crippen molar-refractivity contribution < 1.29 is 14.8 Å². The summed E-state index contributed by atoms with van der Waals surface area (Å²) in [5.74, 6) is 0.293. The van der Waals surface area contributed by atoms with E-state index in [1.165, 1.54) is 6.07 Å². The molecule has 1 aromatic rings. The molecular formula is C11H13NO4. The van der Waals surface area contributed by atoms with Gasteiger partial charge in [0.1, 0.15) is 6.10 Å². The van der Waals surface area contributed by atoms with E-state index in [4.69, 9.17) is 9.84 Å². The van der Waals surface area contributed by atoms with Crippen molar-refractivity contribution in [2.75, 3.05) is 0 Å². The SMILES string of the molecule is Cc1ccc([N+](=O)[O-])c(OC2CC(O)C2)c1. The zero-order valence-electron chi connectivity index (χ0n) is 8.92. The molecule has 5 heteroatoms. The summed E-state index contributed by atoms with van der Waals surface area (Å²) in [5, 5.41) is 19.9. The van der Waals surface area contributed by atoms with Crippen molar-refractivity contribution in [3.8, 4) is 5.75 Å². The lowest BCUT2D eigenvalue weighted by molar-refractivity contribution is -0.386. The van der Waals surface area contributed by atoms with E-state index in [-0.39, 0.29) is 17.9 Å². The van der Waals surface area contributed by atoms with Gasteiger partial charge in [-0.2, -0.15) is 0 Å². The van der Waals surface area contributed by atoms with Gasteiger partial charge in [-0.3, -0.25) is 10.1 Å². The van der Waals surface area contributed by atoms with Gasteiger partial charge in [-0.05, 0) is 18.6 Å². The molecule has 1 saturated carbocycles. The molecule has 1 N–H and O–H groups in total. The van der Waals surface area contributed by atoms with E-state index >= 15 is 0 Å². The second-order valence-electron chi connectivity index (χ2n) is 4.09. The van der Waals surface area contributed by atoms with Crippen LogP contribution in [0.1, 0.15) is 18.4 Å². The number of hydrogen-bond acceptors (Lipinski definition) is 4. The van der Waals surface area contributed by atoms with Gasteiger partial charge in [0.15, 0.2) is 5.75 Å². The molecular weight excluding hydrogens is 210 g/mol. The molecule has 0 heterocycles. The predicted molar refractivity (Wildman–Crippen MR) is 57.5 cm³/mol. The zero-order valence-corrected chi connectivity index (χ0v) is 8.92. The summed E-state index contributed by atoms with van der Waals surface area (Å²) in [4.78, 5) is 10.3. The third-order valence-electron chi connectivity index (χ3n) is 2.68. The van der Waals surface area contributed by atoms with Gasteiger partial charge in [-0.25, -0.2) is 0 Å². The molecule has 5 nitrogen and oxygen atoms in total. The zero-order chi connectivity index (χ0) is 11.7. The van der Waals surface area contributed by atoms with E-state index in [1.807, 2.05) is 6.92 Å². The van der Waals surface area contributed by atoms with Gasteiger partial charge in [0.25, 0.3) is 0 Å². The monoisotopic (exact) mass is 223 g/mol. The molecule has 0 amide bonds. The average Bonchev–Trinajstić information content (AvgIpc) is 2.15. The largest absolute Gasteiger partial charge is 0.483 e. The van der Waals surface area contributed by atoms with Crippen molar-refractivity contribution in [3.63, 3.8) is 0 Å². The van der Waals surface area contributed by atoms with Crippen molar-refractivity contribution in [1.29, 1.82) is 0 Å². The molecule has 0 unspecified atom stereocenters. The van der Waals surface area contributed by atoms with Crippen molar-refractivity contribution in [1.82, 2.24) is 0 Å². The van der Waals surface area contributed by atoms with Crippen LogP contribution in [0.2, 0.25) is 0 Å². The molecule has 0 atom stereocenters. The lowest BCUT2D eigenvalue weighted by atomic mass is 9.92. The van der Waals surface area contributed by atoms with E-state index in [0.717, 1.165) is 5.56 Å². The number of aliphatic hydroxyl groups is 1. The Morgan fingerprint density at radius 3 is 2.75 bits per heavy atom. The number of aryl methyl sites for hydroxylation is 1. The van der Waals surface area contributed by atoms with Crippen LogP contribution in [0.25, 0.3) is 0 Å². The van der Waals surface area contributed by atoms with Crippen molar-refractivity contribution in [2.24, 2.45) is 0 Å². The molecule has 0 saturated heterocycles. The first-order valence-corrected chi connectivity index (χ1v) is 5.16. The van der Waals surface area contributed by atoms with Crippen LogP contribution < -0.4 is 4.74 Å². The standard InChI is InChI=1S/C11H13NO4/c1-7-2-3-10(12(14)15)11(4-7)16-9-5-8(13)6-9/h2-4,8-9,13H,5-6H2,1H3. The number of nitro benzene ring substituents is 1. The van der Waals surface area contributed by atoms with Gasteiger partial charge in [-0.15, -0.1) is 0 Å². The first-order valence-electron chi connectivity index (χ1n) is 5.16. The summed E-state index contributed by atoms with van der Waals surface area (Å²) >= 11 is 0. The molecule has 1 aliphatic rings. The Hall–Kier alpha value is -1.62. The molecule has 1 fully saturated rings. The van der Waals surface area contributed by atoms with Crippen LogP contribution in [0.5, 0.6) is 5.75 Å². The first kappa shape index (κ1) is 10.9. The molecule has 0 radical (unpaired) electrons. The maximum absolute atomic E-state index is 10.8. The van der Waals surface area contributed by atoms with Gasteiger partial charge in [0, 0.05) is 18.9 Å². The van der Waals surface area contributed by atoms with Crippen LogP contribution in [-0.2, 0) is 0 Å². The van der Waals surface area contributed by atoms with Crippen molar-refractivity contribution >= 4 is 5.69 Å². The number of benzene rings is 1. The van der Waals surface area contributed by atoms with Gasteiger partial charge >= 0.3 is 5.69 Å². The molecule has 16 heavy (non-hydrogen) atoms. The van der Waals surface area contributed by atoms with Crippen LogP contribution in [0.3, 0.4) is 0 Å². The summed E-state index contributed by atoms with van der Waals surface area (Å²) < 4.78 is 5.49. The highest BCUT2D eigenvalue weighted by molar-refractivity contribution is 5.48. The quantitative estimate of drug-likeness (QED) is 0.626. The van der Waals surface area contributed by atoms with Crippen LogP contribution in [0.15, 0.2) is 18.2 Å². The summed E-state index contributed by atoms with van der Waals surface area (Å²) in [6.45, 7) is 1.85. The maximum Gasteiger partial charge on any atom is 0.310 e. The molecule has 0 spiro atoms. The molecule has 1 aromatic carbocycles. The maximum atomic E-state index is 10.8. The van der Waals surface area contributed by atoms with Gasteiger partial charge in [0.05, 0.1) is 11.0 Å². The number of ether oxygens (including phenoxy) is 1. The Balaban J connectivity index is 2.17. The highest BCUT2D eigenvalue weighted by Crippen LogP contribution is 2.32. The molecule has 0 aromatic heterocycles. The van der Waals surface area contributed by atoms with E-state index < -0.39 is 4.92 Å². The number of nitrogens with zero attached hydrogens (tertiary/aromatic N) is 1. The highest BCUT2D eigenvalue weighted by Gasteiger charge is 2.30. The third kappa shape index (κ3) is 2.14. The van der Waals surface area contributed by atoms with Crippen LogP contribution in [0, 0.1) is 17.0 Å². The second-order valence-corrected chi connectivity index (χ2v) is 4.09. The third-order valence-corrected chi connectivity index (χ3v) is 2.68.